The molecule has 3 rings (SSSR count). The molecule has 0 radical (unpaired) electrons. The van der Waals surface area contributed by atoms with Gasteiger partial charge in [0.05, 0.1) is 6.04 Å². The topological polar surface area (TPSA) is 94.4 Å². The highest BCUT2D eigenvalue weighted by Crippen LogP contribution is 2.26. The van der Waals surface area contributed by atoms with E-state index in [1.54, 1.807) is 13.0 Å². The van der Waals surface area contributed by atoms with E-state index >= 15 is 0 Å². The van der Waals surface area contributed by atoms with E-state index < -0.39 is 4.92 Å². The van der Waals surface area contributed by atoms with Crippen LogP contribution in [-0.4, -0.2) is 22.4 Å². The Kier molecular flexibility index (Phi) is 5.69. The number of hydrogen-bond acceptors (Lipinski definition) is 5. The molecule has 1 aliphatic carbocycles. The maximum absolute atomic E-state index is 12.2. The summed E-state index contributed by atoms with van der Waals surface area (Å²) in [7, 11) is 0. The molecule has 0 bridgehead atoms. The first kappa shape index (κ1) is 18.8. The first-order valence-electron chi connectivity index (χ1n) is 9.10. The summed E-state index contributed by atoms with van der Waals surface area (Å²) in [4.78, 5) is 26.5. The smallest absolute Gasteiger partial charge is 0.406 e. The Morgan fingerprint density at radius 2 is 2.00 bits per heavy atom. The van der Waals surface area contributed by atoms with Crippen molar-refractivity contribution in [3.05, 3.63) is 62.8 Å². The molecule has 142 valence electrons. The maximum atomic E-state index is 12.2. The summed E-state index contributed by atoms with van der Waals surface area (Å²) in [6.45, 7) is 3.27. The van der Waals surface area contributed by atoms with Crippen LogP contribution in [0.5, 0.6) is 5.75 Å². The van der Waals surface area contributed by atoms with E-state index in [1.807, 2.05) is 13.0 Å². The number of aromatic nitrogens is 1. The minimum Gasteiger partial charge on any atom is -0.476 e. The summed E-state index contributed by atoms with van der Waals surface area (Å²) >= 11 is 0. The van der Waals surface area contributed by atoms with Crippen molar-refractivity contribution < 1.29 is 14.5 Å². The van der Waals surface area contributed by atoms with Crippen LogP contribution >= 0.6 is 0 Å². The van der Waals surface area contributed by atoms with Crippen LogP contribution in [-0.2, 0) is 17.6 Å². The Labute approximate surface area is 157 Å². The van der Waals surface area contributed by atoms with Gasteiger partial charge in [0.2, 0.25) is 5.75 Å². The van der Waals surface area contributed by atoms with Crippen LogP contribution in [0.1, 0.15) is 48.2 Å². The molecular formula is C20H23N3O4. The van der Waals surface area contributed by atoms with Crippen molar-refractivity contribution in [1.82, 2.24) is 10.3 Å². The summed E-state index contributed by atoms with van der Waals surface area (Å²) < 4.78 is 5.33. The number of rotatable bonds is 6. The molecule has 0 aliphatic heterocycles. The number of nitrogens with one attached hydrogen (secondary N) is 1. The predicted molar refractivity (Wildman–Crippen MR) is 101 cm³/mol. The minimum atomic E-state index is -0.615. The number of aryl methyl sites for hydroxylation is 3. The summed E-state index contributed by atoms with van der Waals surface area (Å²) in [5.41, 5.74) is 4.31. The third-order valence-electron chi connectivity index (χ3n) is 4.76. The van der Waals surface area contributed by atoms with Gasteiger partial charge in [-0.15, -0.1) is 0 Å². The Hall–Kier alpha value is -2.96. The largest absolute Gasteiger partial charge is 0.476 e. The van der Waals surface area contributed by atoms with E-state index in [-0.39, 0.29) is 30.1 Å². The van der Waals surface area contributed by atoms with Crippen LogP contribution in [0, 0.1) is 17.0 Å². The van der Waals surface area contributed by atoms with Gasteiger partial charge in [0.25, 0.3) is 5.91 Å². The van der Waals surface area contributed by atoms with Crippen molar-refractivity contribution in [1.29, 1.82) is 0 Å². The Bertz CT molecular complexity index is 866. The third kappa shape index (κ3) is 4.61. The number of carbonyl (C=O) groups excluding carboxylic acids is 1. The van der Waals surface area contributed by atoms with E-state index in [2.05, 4.69) is 22.4 Å². The second-order valence-corrected chi connectivity index (χ2v) is 6.84. The van der Waals surface area contributed by atoms with E-state index in [1.165, 1.54) is 30.0 Å². The van der Waals surface area contributed by atoms with Gasteiger partial charge >= 0.3 is 5.82 Å². The SMILES string of the molecule is Cc1ccc(OCC(=O)N[C@H](C)c2ccc3c(c2)CCCC3)c([N+](=O)[O-])n1. The summed E-state index contributed by atoms with van der Waals surface area (Å²) in [5.74, 6) is -0.734. The van der Waals surface area contributed by atoms with Crippen molar-refractivity contribution in [2.24, 2.45) is 0 Å². The molecule has 1 aromatic carbocycles. The second kappa shape index (κ2) is 8.16. The fourth-order valence-corrected chi connectivity index (χ4v) is 3.31. The fourth-order valence-electron chi connectivity index (χ4n) is 3.31. The second-order valence-electron chi connectivity index (χ2n) is 6.84. The molecule has 0 saturated heterocycles. The lowest BCUT2D eigenvalue weighted by Crippen LogP contribution is -2.31. The maximum Gasteiger partial charge on any atom is 0.406 e. The highest BCUT2D eigenvalue weighted by Gasteiger charge is 2.19. The van der Waals surface area contributed by atoms with Gasteiger partial charge in [-0.25, -0.2) is 0 Å². The highest BCUT2D eigenvalue weighted by molar-refractivity contribution is 5.78. The number of benzene rings is 1. The van der Waals surface area contributed by atoms with Crippen molar-refractivity contribution in [3.63, 3.8) is 0 Å². The van der Waals surface area contributed by atoms with E-state index in [4.69, 9.17) is 4.74 Å². The van der Waals surface area contributed by atoms with Crippen LogP contribution in [0.25, 0.3) is 0 Å². The molecule has 7 nitrogen and oxygen atoms in total. The summed E-state index contributed by atoms with van der Waals surface area (Å²) in [6, 6.07) is 9.25. The number of nitrogens with zero attached hydrogens (tertiary/aromatic N) is 2. The number of ether oxygens (including phenoxy) is 1. The number of amides is 1. The minimum absolute atomic E-state index is 0.0119. The van der Waals surface area contributed by atoms with Gasteiger partial charge in [-0.3, -0.25) is 4.79 Å². The normalized spacial score (nSPS) is 14.1. The predicted octanol–water partition coefficient (Wildman–Crippen LogP) is 3.43. The molecule has 0 saturated carbocycles. The molecule has 2 aromatic rings. The van der Waals surface area contributed by atoms with E-state index in [9.17, 15) is 14.9 Å². The van der Waals surface area contributed by atoms with Crippen molar-refractivity contribution in [2.45, 2.75) is 45.6 Å². The molecule has 1 aromatic heterocycles. The fraction of sp³-hybridized carbons (Fsp3) is 0.400. The van der Waals surface area contributed by atoms with Crippen molar-refractivity contribution in [3.8, 4) is 5.75 Å². The van der Waals surface area contributed by atoms with E-state index in [0.717, 1.165) is 18.4 Å². The van der Waals surface area contributed by atoms with Crippen molar-refractivity contribution in [2.75, 3.05) is 6.61 Å². The molecule has 27 heavy (non-hydrogen) atoms. The lowest BCUT2D eigenvalue weighted by atomic mass is 9.89. The molecule has 1 amide bonds. The molecule has 1 atom stereocenters. The number of nitro groups is 1. The van der Waals surface area contributed by atoms with Gasteiger partial charge in [0, 0.05) is 6.92 Å². The third-order valence-corrected chi connectivity index (χ3v) is 4.76. The van der Waals surface area contributed by atoms with Crippen LogP contribution < -0.4 is 10.1 Å². The lowest BCUT2D eigenvalue weighted by molar-refractivity contribution is -0.390. The van der Waals surface area contributed by atoms with Crippen LogP contribution in [0.15, 0.2) is 30.3 Å². The quantitative estimate of drug-likeness (QED) is 0.622. The van der Waals surface area contributed by atoms with Gasteiger partial charge in [-0.1, -0.05) is 18.2 Å². The summed E-state index contributed by atoms with van der Waals surface area (Å²) in [6.07, 6.45) is 4.63. The molecule has 0 fully saturated rings. The Morgan fingerprint density at radius 1 is 1.26 bits per heavy atom. The first-order chi connectivity index (χ1) is 12.9. The van der Waals surface area contributed by atoms with Gasteiger partial charge in [-0.2, -0.15) is 0 Å². The van der Waals surface area contributed by atoms with Gasteiger partial charge in [0.15, 0.2) is 6.61 Å². The molecule has 0 unspecified atom stereocenters. The monoisotopic (exact) mass is 369 g/mol. The van der Waals surface area contributed by atoms with Crippen LogP contribution in [0.2, 0.25) is 0 Å². The molecule has 0 spiro atoms. The Balaban J connectivity index is 1.60. The average Bonchev–Trinajstić information content (AvgIpc) is 2.66. The number of carbonyl (C=O) groups is 1. The number of hydrogen-bond donors (Lipinski definition) is 1. The molecule has 1 heterocycles. The zero-order chi connectivity index (χ0) is 19.4. The number of fused-ring (bicyclic) bond motifs is 1. The molecule has 1 N–H and O–H groups in total. The van der Waals surface area contributed by atoms with Gasteiger partial charge < -0.3 is 20.2 Å². The average molecular weight is 369 g/mol. The van der Waals surface area contributed by atoms with E-state index in [0.29, 0.717) is 5.69 Å². The Morgan fingerprint density at radius 3 is 2.74 bits per heavy atom. The highest BCUT2D eigenvalue weighted by atomic mass is 16.6. The zero-order valence-electron chi connectivity index (χ0n) is 15.5. The van der Waals surface area contributed by atoms with Crippen LogP contribution in [0.4, 0.5) is 5.82 Å². The standard InChI is InChI=1S/C20H23N3O4/c1-13-7-10-18(20(21-13)23(25)26)27-12-19(24)22-14(2)16-9-8-15-5-3-4-6-17(15)11-16/h7-11,14H,3-6,12H2,1-2H3,(H,22,24)/t14-/m1/s1. The number of pyridine rings is 1. The lowest BCUT2D eigenvalue weighted by Gasteiger charge is -2.20. The van der Waals surface area contributed by atoms with Gasteiger partial charge in [-0.05, 0) is 71.3 Å². The molecule has 7 heteroatoms. The molecular weight excluding hydrogens is 346 g/mol. The zero-order valence-corrected chi connectivity index (χ0v) is 15.5. The van der Waals surface area contributed by atoms with Gasteiger partial charge in [0.1, 0.15) is 5.69 Å². The molecule has 1 aliphatic rings. The van der Waals surface area contributed by atoms with Crippen LogP contribution in [0.3, 0.4) is 0 Å². The van der Waals surface area contributed by atoms with Crippen molar-refractivity contribution >= 4 is 11.7 Å². The summed E-state index contributed by atoms with van der Waals surface area (Å²) in [5, 5.41) is 13.9. The first-order valence-corrected chi connectivity index (χ1v) is 9.10.